The molecule has 15 heavy (non-hydrogen) atoms. The minimum atomic E-state index is -0.0466. The second kappa shape index (κ2) is 5.59. The number of nitriles is 1. The highest BCUT2D eigenvalue weighted by Gasteiger charge is 2.06. The number of halogens is 1. The number of benzene rings is 1. The molecule has 1 aromatic carbocycles. The van der Waals surface area contributed by atoms with Gasteiger partial charge in [-0.05, 0) is 19.1 Å². The second-order valence-corrected chi connectivity index (χ2v) is 3.81. The van der Waals surface area contributed by atoms with Crippen LogP contribution in [0.2, 0.25) is 5.02 Å². The van der Waals surface area contributed by atoms with Gasteiger partial charge in [-0.25, -0.2) is 0 Å². The van der Waals surface area contributed by atoms with Crippen molar-refractivity contribution in [1.82, 2.24) is 5.32 Å². The van der Waals surface area contributed by atoms with Crippen molar-refractivity contribution in [3.05, 3.63) is 28.8 Å². The van der Waals surface area contributed by atoms with Gasteiger partial charge < -0.3 is 10.4 Å². The molecule has 0 aliphatic rings. The Kier molecular flexibility index (Phi) is 4.41. The molecule has 0 aliphatic heterocycles. The van der Waals surface area contributed by atoms with Crippen LogP contribution in [0.1, 0.15) is 12.5 Å². The maximum atomic E-state index is 9.52. The quantitative estimate of drug-likeness (QED) is 0.825. The topological polar surface area (TPSA) is 56.0 Å². The van der Waals surface area contributed by atoms with E-state index >= 15 is 0 Å². The zero-order valence-corrected chi connectivity index (χ0v) is 9.25. The lowest BCUT2D eigenvalue weighted by molar-refractivity contribution is 0.463. The molecule has 0 bridgehead atoms. The molecule has 0 heterocycles. The van der Waals surface area contributed by atoms with E-state index < -0.39 is 0 Å². The van der Waals surface area contributed by atoms with Crippen LogP contribution in [0.4, 0.5) is 0 Å². The lowest BCUT2D eigenvalue weighted by Gasteiger charge is -2.09. The van der Waals surface area contributed by atoms with Gasteiger partial charge in [0.1, 0.15) is 5.75 Å². The van der Waals surface area contributed by atoms with Gasteiger partial charge in [-0.1, -0.05) is 17.7 Å². The van der Waals surface area contributed by atoms with E-state index in [9.17, 15) is 5.11 Å². The Morgan fingerprint density at radius 1 is 1.60 bits per heavy atom. The summed E-state index contributed by atoms with van der Waals surface area (Å²) in [7, 11) is 0. The Morgan fingerprint density at radius 2 is 2.33 bits per heavy atom. The molecular formula is C11H13ClN2O. The fourth-order valence-electron chi connectivity index (χ4n) is 1.18. The average Bonchev–Trinajstić information content (AvgIpc) is 2.22. The number of nitrogens with one attached hydrogen (secondary N) is 1. The summed E-state index contributed by atoms with van der Waals surface area (Å²) in [6.45, 7) is 2.89. The highest BCUT2D eigenvalue weighted by Crippen LogP contribution is 2.24. The van der Waals surface area contributed by atoms with Crippen LogP contribution in [-0.2, 0) is 6.54 Å². The van der Waals surface area contributed by atoms with Gasteiger partial charge in [0.2, 0.25) is 0 Å². The van der Waals surface area contributed by atoms with Crippen LogP contribution in [0.5, 0.6) is 5.75 Å². The molecule has 80 valence electrons. The molecule has 1 rings (SSSR count). The van der Waals surface area contributed by atoms with Gasteiger partial charge in [0.15, 0.2) is 0 Å². The third kappa shape index (κ3) is 3.43. The molecule has 4 heteroatoms. The number of hydrogen-bond donors (Lipinski definition) is 2. The van der Waals surface area contributed by atoms with Crippen LogP contribution in [0.25, 0.3) is 0 Å². The van der Waals surface area contributed by atoms with Crippen LogP contribution in [0, 0.1) is 17.2 Å². The smallest absolute Gasteiger partial charge is 0.121 e. The van der Waals surface area contributed by atoms with Crippen LogP contribution in [0.3, 0.4) is 0 Å². The summed E-state index contributed by atoms with van der Waals surface area (Å²) in [5.74, 6) is 0.134. The van der Waals surface area contributed by atoms with Gasteiger partial charge in [0, 0.05) is 23.7 Å². The van der Waals surface area contributed by atoms with Gasteiger partial charge in [-0.2, -0.15) is 5.26 Å². The van der Waals surface area contributed by atoms with Crippen LogP contribution in [0.15, 0.2) is 18.2 Å². The van der Waals surface area contributed by atoms with E-state index in [0.29, 0.717) is 23.7 Å². The van der Waals surface area contributed by atoms with Crippen LogP contribution >= 0.6 is 11.6 Å². The van der Waals surface area contributed by atoms with Crippen molar-refractivity contribution in [2.45, 2.75) is 13.5 Å². The number of rotatable bonds is 4. The molecule has 1 atom stereocenters. The summed E-state index contributed by atoms with van der Waals surface area (Å²) in [5.41, 5.74) is 0.671. The standard InChI is InChI=1S/C11H13ClN2O/c1-8(5-13)6-14-7-9-10(12)3-2-4-11(9)15/h2-4,8,14-15H,6-7H2,1H3. The van der Waals surface area contributed by atoms with E-state index in [2.05, 4.69) is 11.4 Å². The number of phenols is 1. The Labute approximate surface area is 94.3 Å². The number of nitrogens with zero attached hydrogens (tertiary/aromatic N) is 1. The molecule has 0 saturated heterocycles. The molecule has 2 N–H and O–H groups in total. The van der Waals surface area contributed by atoms with Crippen molar-refractivity contribution in [1.29, 1.82) is 5.26 Å². The zero-order valence-electron chi connectivity index (χ0n) is 8.50. The van der Waals surface area contributed by atoms with Gasteiger partial charge >= 0.3 is 0 Å². The van der Waals surface area contributed by atoms with Crippen molar-refractivity contribution in [3.8, 4) is 11.8 Å². The van der Waals surface area contributed by atoms with Crippen molar-refractivity contribution in [2.75, 3.05) is 6.54 Å². The summed E-state index contributed by atoms with van der Waals surface area (Å²) in [6, 6.07) is 7.14. The number of phenolic OH excluding ortho intramolecular Hbond substituents is 1. The molecule has 0 fully saturated rings. The van der Waals surface area contributed by atoms with E-state index in [1.54, 1.807) is 18.2 Å². The summed E-state index contributed by atoms with van der Waals surface area (Å²) < 4.78 is 0. The van der Waals surface area contributed by atoms with Crippen LogP contribution < -0.4 is 5.32 Å². The second-order valence-electron chi connectivity index (χ2n) is 3.40. The molecule has 0 amide bonds. The monoisotopic (exact) mass is 224 g/mol. The molecule has 3 nitrogen and oxygen atoms in total. The predicted molar refractivity (Wildman–Crippen MR) is 59.6 cm³/mol. The maximum Gasteiger partial charge on any atom is 0.121 e. The largest absolute Gasteiger partial charge is 0.508 e. The summed E-state index contributed by atoms with van der Waals surface area (Å²) in [4.78, 5) is 0. The van der Waals surface area contributed by atoms with E-state index in [4.69, 9.17) is 16.9 Å². The fourth-order valence-corrected chi connectivity index (χ4v) is 1.42. The minimum Gasteiger partial charge on any atom is -0.508 e. The van der Waals surface area contributed by atoms with Gasteiger partial charge in [0.25, 0.3) is 0 Å². The SMILES string of the molecule is CC(C#N)CNCc1c(O)cccc1Cl. The third-order valence-electron chi connectivity index (χ3n) is 2.07. The Morgan fingerprint density at radius 3 is 2.93 bits per heavy atom. The highest BCUT2D eigenvalue weighted by atomic mass is 35.5. The lowest BCUT2D eigenvalue weighted by Crippen LogP contribution is -2.20. The molecule has 0 spiro atoms. The molecule has 0 aromatic heterocycles. The number of hydrogen-bond acceptors (Lipinski definition) is 3. The predicted octanol–water partition coefficient (Wildman–Crippen LogP) is 2.29. The highest BCUT2D eigenvalue weighted by molar-refractivity contribution is 6.31. The van der Waals surface area contributed by atoms with E-state index in [-0.39, 0.29) is 11.7 Å². The molecule has 0 saturated carbocycles. The minimum absolute atomic E-state index is 0.0466. The lowest BCUT2D eigenvalue weighted by atomic mass is 10.1. The normalized spacial score (nSPS) is 12.1. The maximum absolute atomic E-state index is 9.52. The van der Waals surface area contributed by atoms with Crippen molar-refractivity contribution in [2.24, 2.45) is 5.92 Å². The molecule has 1 unspecified atom stereocenters. The van der Waals surface area contributed by atoms with E-state index in [0.717, 1.165) is 0 Å². The first-order valence-electron chi connectivity index (χ1n) is 4.72. The van der Waals surface area contributed by atoms with E-state index in [1.807, 2.05) is 6.92 Å². The van der Waals surface area contributed by atoms with Crippen LogP contribution in [-0.4, -0.2) is 11.7 Å². The molecule has 0 radical (unpaired) electrons. The Bertz CT molecular complexity index is 353. The summed E-state index contributed by atoms with van der Waals surface area (Å²) >= 11 is 5.91. The molecule has 0 aliphatic carbocycles. The van der Waals surface area contributed by atoms with Crippen molar-refractivity contribution >= 4 is 11.6 Å². The first kappa shape index (κ1) is 11.8. The number of aromatic hydroxyl groups is 1. The van der Waals surface area contributed by atoms with Gasteiger partial charge in [0.05, 0.1) is 12.0 Å². The zero-order chi connectivity index (χ0) is 11.3. The van der Waals surface area contributed by atoms with Gasteiger partial charge in [-0.3, -0.25) is 0 Å². The molecule has 1 aromatic rings. The Hall–Kier alpha value is -1.24. The fraction of sp³-hybridized carbons (Fsp3) is 0.364. The average molecular weight is 225 g/mol. The van der Waals surface area contributed by atoms with E-state index in [1.165, 1.54) is 0 Å². The summed E-state index contributed by atoms with van der Waals surface area (Å²) in [6.07, 6.45) is 0. The van der Waals surface area contributed by atoms with Gasteiger partial charge in [-0.15, -0.1) is 0 Å². The Balaban J connectivity index is 2.55. The van der Waals surface area contributed by atoms with Crippen molar-refractivity contribution < 1.29 is 5.11 Å². The summed E-state index contributed by atoms with van der Waals surface area (Å²) in [5, 5.41) is 21.7. The third-order valence-corrected chi connectivity index (χ3v) is 2.42. The first-order valence-corrected chi connectivity index (χ1v) is 5.09. The van der Waals surface area contributed by atoms with Crippen molar-refractivity contribution in [3.63, 3.8) is 0 Å². The molecular weight excluding hydrogens is 212 g/mol. The first-order chi connectivity index (χ1) is 7.15.